The molecule has 2 aromatic carbocycles. The molecule has 0 radical (unpaired) electrons. The molecule has 0 aliphatic carbocycles. The summed E-state index contributed by atoms with van der Waals surface area (Å²) in [7, 11) is 3.05. The van der Waals surface area contributed by atoms with Gasteiger partial charge in [0, 0.05) is 11.8 Å². The van der Waals surface area contributed by atoms with Gasteiger partial charge in [-0.15, -0.1) is 0 Å². The third kappa shape index (κ3) is 2.83. The van der Waals surface area contributed by atoms with E-state index in [0.29, 0.717) is 28.4 Å². The molecule has 2 aromatic rings. The van der Waals surface area contributed by atoms with Crippen LogP contribution in [0.5, 0.6) is 11.5 Å². The van der Waals surface area contributed by atoms with Crippen LogP contribution in [0.3, 0.4) is 0 Å². The summed E-state index contributed by atoms with van der Waals surface area (Å²) in [5.74, 6) is 0.782. The summed E-state index contributed by atoms with van der Waals surface area (Å²) in [5, 5.41) is 2.78. The van der Waals surface area contributed by atoms with Crippen molar-refractivity contribution in [3.8, 4) is 11.5 Å². The molecule has 0 saturated heterocycles. The lowest BCUT2D eigenvalue weighted by Gasteiger charge is -2.11. The van der Waals surface area contributed by atoms with Crippen LogP contribution in [0.1, 0.15) is 10.4 Å². The van der Waals surface area contributed by atoms with Crippen molar-refractivity contribution in [3.05, 3.63) is 48.0 Å². The zero-order chi connectivity index (χ0) is 14.5. The number of anilines is 2. The minimum Gasteiger partial charge on any atom is -0.496 e. The summed E-state index contributed by atoms with van der Waals surface area (Å²) in [6, 6.07) is 12.1. The Hall–Kier alpha value is -2.69. The maximum atomic E-state index is 12.2. The number of benzene rings is 2. The van der Waals surface area contributed by atoms with Crippen LogP contribution in [0.25, 0.3) is 0 Å². The predicted octanol–water partition coefficient (Wildman–Crippen LogP) is 2.54. The Balaban J connectivity index is 2.23. The van der Waals surface area contributed by atoms with Gasteiger partial charge < -0.3 is 20.5 Å². The molecule has 3 N–H and O–H groups in total. The van der Waals surface area contributed by atoms with Gasteiger partial charge in [-0.1, -0.05) is 12.1 Å². The molecule has 5 heteroatoms. The fraction of sp³-hybridized carbons (Fsp3) is 0.133. The van der Waals surface area contributed by atoms with E-state index < -0.39 is 0 Å². The molecule has 0 spiro atoms. The van der Waals surface area contributed by atoms with Crippen molar-refractivity contribution >= 4 is 17.3 Å². The molecule has 5 nitrogen and oxygen atoms in total. The molecule has 0 atom stereocenters. The first-order valence-electron chi connectivity index (χ1n) is 6.03. The SMILES string of the molecule is COc1cc(NC(=O)c2ccccc2OC)ccc1N. The summed E-state index contributed by atoms with van der Waals surface area (Å²) >= 11 is 0. The van der Waals surface area contributed by atoms with Gasteiger partial charge in [-0.25, -0.2) is 0 Å². The topological polar surface area (TPSA) is 73.6 Å². The Morgan fingerprint density at radius 2 is 1.75 bits per heavy atom. The molecule has 0 aliphatic rings. The monoisotopic (exact) mass is 272 g/mol. The third-order valence-electron chi connectivity index (χ3n) is 2.84. The van der Waals surface area contributed by atoms with E-state index in [1.807, 2.05) is 6.07 Å². The van der Waals surface area contributed by atoms with Crippen molar-refractivity contribution < 1.29 is 14.3 Å². The fourth-order valence-electron chi connectivity index (χ4n) is 1.82. The highest BCUT2D eigenvalue weighted by molar-refractivity contribution is 6.06. The summed E-state index contributed by atoms with van der Waals surface area (Å²) in [6.45, 7) is 0. The number of hydrogen-bond donors (Lipinski definition) is 2. The average molecular weight is 272 g/mol. The van der Waals surface area contributed by atoms with Crippen LogP contribution in [0.4, 0.5) is 11.4 Å². The molecule has 0 unspecified atom stereocenters. The Labute approximate surface area is 117 Å². The second-order valence-corrected chi connectivity index (χ2v) is 4.11. The number of para-hydroxylation sites is 1. The zero-order valence-corrected chi connectivity index (χ0v) is 11.3. The Bertz CT molecular complexity index is 626. The van der Waals surface area contributed by atoms with Gasteiger partial charge in [0.25, 0.3) is 5.91 Å². The van der Waals surface area contributed by atoms with Gasteiger partial charge in [0.05, 0.1) is 25.5 Å². The molecule has 0 bridgehead atoms. The van der Waals surface area contributed by atoms with Crippen molar-refractivity contribution in [2.45, 2.75) is 0 Å². The average Bonchev–Trinajstić information content (AvgIpc) is 2.49. The van der Waals surface area contributed by atoms with Crippen molar-refractivity contribution in [1.82, 2.24) is 0 Å². The van der Waals surface area contributed by atoms with Gasteiger partial charge in [-0.05, 0) is 24.3 Å². The number of nitrogens with two attached hydrogens (primary N) is 1. The van der Waals surface area contributed by atoms with E-state index >= 15 is 0 Å². The molecule has 0 saturated carbocycles. The van der Waals surface area contributed by atoms with Gasteiger partial charge in [-0.3, -0.25) is 4.79 Å². The minimum absolute atomic E-state index is 0.255. The van der Waals surface area contributed by atoms with E-state index in [2.05, 4.69) is 5.32 Å². The Morgan fingerprint density at radius 1 is 1.05 bits per heavy atom. The number of carbonyl (C=O) groups excluding carboxylic acids is 1. The first-order chi connectivity index (χ1) is 9.65. The normalized spacial score (nSPS) is 9.90. The number of carbonyl (C=O) groups is 1. The van der Waals surface area contributed by atoms with Crippen LogP contribution < -0.4 is 20.5 Å². The molecule has 0 aliphatic heterocycles. The quantitative estimate of drug-likeness (QED) is 0.839. The van der Waals surface area contributed by atoms with Crippen LogP contribution in [0.15, 0.2) is 42.5 Å². The van der Waals surface area contributed by atoms with Gasteiger partial charge in [0.2, 0.25) is 0 Å². The van der Waals surface area contributed by atoms with Crippen LogP contribution >= 0.6 is 0 Å². The minimum atomic E-state index is -0.255. The largest absolute Gasteiger partial charge is 0.496 e. The first-order valence-corrected chi connectivity index (χ1v) is 6.03. The first kappa shape index (κ1) is 13.7. The number of methoxy groups -OCH3 is 2. The van der Waals surface area contributed by atoms with Crippen LogP contribution in [-0.2, 0) is 0 Å². The summed E-state index contributed by atoms with van der Waals surface area (Å²) in [6.07, 6.45) is 0. The maximum Gasteiger partial charge on any atom is 0.259 e. The number of ether oxygens (including phenoxy) is 2. The van der Waals surface area contributed by atoms with Crippen molar-refractivity contribution in [2.75, 3.05) is 25.3 Å². The van der Waals surface area contributed by atoms with Gasteiger partial charge in [0.1, 0.15) is 11.5 Å². The van der Waals surface area contributed by atoms with E-state index in [4.69, 9.17) is 15.2 Å². The smallest absolute Gasteiger partial charge is 0.259 e. The molecule has 1 amide bonds. The number of amides is 1. The Kier molecular flexibility index (Phi) is 4.10. The van der Waals surface area contributed by atoms with Crippen molar-refractivity contribution in [1.29, 1.82) is 0 Å². The highest BCUT2D eigenvalue weighted by Gasteiger charge is 2.12. The molecule has 20 heavy (non-hydrogen) atoms. The molecule has 0 heterocycles. The Morgan fingerprint density at radius 3 is 2.45 bits per heavy atom. The van der Waals surface area contributed by atoms with Crippen LogP contribution in [0.2, 0.25) is 0 Å². The molecular formula is C15H16N2O3. The van der Waals surface area contributed by atoms with Crippen LogP contribution in [0, 0.1) is 0 Å². The second-order valence-electron chi connectivity index (χ2n) is 4.11. The highest BCUT2D eigenvalue weighted by atomic mass is 16.5. The number of rotatable bonds is 4. The lowest BCUT2D eigenvalue weighted by atomic mass is 10.1. The van der Waals surface area contributed by atoms with E-state index in [1.54, 1.807) is 36.4 Å². The standard InChI is InChI=1S/C15H16N2O3/c1-19-13-6-4-3-5-11(13)15(18)17-10-7-8-12(16)14(9-10)20-2/h3-9H,16H2,1-2H3,(H,17,18). The summed E-state index contributed by atoms with van der Waals surface area (Å²) < 4.78 is 10.3. The number of hydrogen-bond acceptors (Lipinski definition) is 4. The lowest BCUT2D eigenvalue weighted by Crippen LogP contribution is -2.13. The molecule has 0 aromatic heterocycles. The molecule has 104 valence electrons. The number of nitrogen functional groups attached to an aromatic ring is 1. The van der Waals surface area contributed by atoms with E-state index in [9.17, 15) is 4.79 Å². The summed E-state index contributed by atoms with van der Waals surface area (Å²) in [5.41, 5.74) is 7.31. The van der Waals surface area contributed by atoms with Gasteiger partial charge in [-0.2, -0.15) is 0 Å². The molecule has 2 rings (SSSR count). The van der Waals surface area contributed by atoms with E-state index in [1.165, 1.54) is 14.2 Å². The van der Waals surface area contributed by atoms with E-state index in [0.717, 1.165) is 0 Å². The zero-order valence-electron chi connectivity index (χ0n) is 11.3. The molecular weight excluding hydrogens is 256 g/mol. The summed E-state index contributed by atoms with van der Waals surface area (Å²) in [4.78, 5) is 12.2. The van der Waals surface area contributed by atoms with Gasteiger partial charge >= 0.3 is 0 Å². The second kappa shape index (κ2) is 5.97. The van der Waals surface area contributed by atoms with Crippen molar-refractivity contribution in [3.63, 3.8) is 0 Å². The highest BCUT2D eigenvalue weighted by Crippen LogP contribution is 2.26. The fourth-order valence-corrected chi connectivity index (χ4v) is 1.82. The van der Waals surface area contributed by atoms with E-state index in [-0.39, 0.29) is 5.91 Å². The molecule has 0 fully saturated rings. The third-order valence-corrected chi connectivity index (χ3v) is 2.84. The number of nitrogens with one attached hydrogen (secondary N) is 1. The van der Waals surface area contributed by atoms with Crippen molar-refractivity contribution in [2.24, 2.45) is 0 Å². The lowest BCUT2D eigenvalue weighted by molar-refractivity contribution is 0.102. The predicted molar refractivity (Wildman–Crippen MR) is 78.4 cm³/mol. The van der Waals surface area contributed by atoms with Crippen LogP contribution in [-0.4, -0.2) is 20.1 Å². The maximum absolute atomic E-state index is 12.2. The van der Waals surface area contributed by atoms with Gasteiger partial charge in [0.15, 0.2) is 0 Å².